The van der Waals surface area contributed by atoms with Gasteiger partial charge >= 0.3 is 0 Å². The summed E-state index contributed by atoms with van der Waals surface area (Å²) in [5, 5.41) is 14.2. The number of nitriles is 1. The Labute approximate surface area is 134 Å². The van der Waals surface area contributed by atoms with E-state index in [0.717, 1.165) is 25.9 Å². The van der Waals surface area contributed by atoms with Crippen molar-refractivity contribution in [2.45, 2.75) is 70.3 Å². The number of nitrogens with zero attached hydrogens (tertiary/aromatic N) is 4. The Hall–Kier alpha value is -1.34. The van der Waals surface area contributed by atoms with Gasteiger partial charge in [-0.1, -0.05) is 13.8 Å². The number of fused-ring (bicyclic) bond motifs is 1. The van der Waals surface area contributed by atoms with Crippen molar-refractivity contribution >= 4 is 0 Å². The first kappa shape index (κ1) is 15.6. The fourth-order valence-electron chi connectivity index (χ4n) is 4.14. The number of hydrogen-bond acceptors (Lipinski definition) is 3. The Morgan fingerprint density at radius 3 is 2.64 bits per heavy atom. The van der Waals surface area contributed by atoms with E-state index in [1.54, 1.807) is 0 Å². The second kappa shape index (κ2) is 6.42. The van der Waals surface area contributed by atoms with Crippen molar-refractivity contribution < 1.29 is 0 Å². The first-order valence-corrected chi connectivity index (χ1v) is 8.78. The van der Waals surface area contributed by atoms with Gasteiger partial charge in [0.2, 0.25) is 0 Å². The molecule has 2 aliphatic rings. The molecule has 1 unspecified atom stereocenters. The number of aromatic nitrogens is 2. The van der Waals surface area contributed by atoms with Crippen LogP contribution in [-0.4, -0.2) is 34.8 Å². The van der Waals surface area contributed by atoms with E-state index in [1.165, 1.54) is 36.2 Å². The molecular formula is C18H28N4. The second-order valence-corrected chi connectivity index (χ2v) is 7.33. The van der Waals surface area contributed by atoms with Gasteiger partial charge in [0.05, 0.1) is 17.8 Å². The molecule has 0 spiro atoms. The number of likely N-dealkylation sites (tertiary alicyclic amines) is 1. The van der Waals surface area contributed by atoms with Crippen molar-refractivity contribution in [1.29, 1.82) is 5.26 Å². The maximum atomic E-state index is 9.18. The fourth-order valence-corrected chi connectivity index (χ4v) is 4.14. The highest BCUT2D eigenvalue weighted by atomic mass is 15.3. The maximum Gasteiger partial charge on any atom is 0.0688 e. The van der Waals surface area contributed by atoms with E-state index in [9.17, 15) is 5.26 Å². The van der Waals surface area contributed by atoms with Gasteiger partial charge in [-0.15, -0.1) is 0 Å². The van der Waals surface area contributed by atoms with Crippen molar-refractivity contribution in [3.8, 4) is 6.07 Å². The maximum absolute atomic E-state index is 9.18. The Balaban J connectivity index is 1.98. The molecule has 2 heterocycles. The molecule has 1 aliphatic carbocycles. The van der Waals surface area contributed by atoms with Crippen LogP contribution in [0.3, 0.4) is 0 Å². The van der Waals surface area contributed by atoms with Crippen LogP contribution in [0.2, 0.25) is 0 Å². The first-order chi connectivity index (χ1) is 10.6. The van der Waals surface area contributed by atoms with Gasteiger partial charge in [0.15, 0.2) is 0 Å². The molecule has 1 saturated heterocycles. The second-order valence-electron chi connectivity index (χ2n) is 7.33. The van der Waals surface area contributed by atoms with E-state index in [2.05, 4.69) is 36.5 Å². The van der Waals surface area contributed by atoms with Gasteiger partial charge in [-0.3, -0.25) is 4.68 Å². The molecular weight excluding hydrogens is 272 g/mol. The Kier molecular flexibility index (Phi) is 4.54. The minimum atomic E-state index is 0.408. The molecule has 0 bridgehead atoms. The van der Waals surface area contributed by atoms with Crippen LogP contribution < -0.4 is 0 Å². The molecule has 4 heteroatoms. The predicted molar refractivity (Wildman–Crippen MR) is 88.0 cm³/mol. The Morgan fingerprint density at radius 2 is 2.00 bits per heavy atom. The molecule has 1 fully saturated rings. The lowest BCUT2D eigenvalue weighted by molar-refractivity contribution is 0.208. The number of rotatable bonds is 3. The molecule has 22 heavy (non-hydrogen) atoms. The van der Waals surface area contributed by atoms with E-state index in [1.807, 2.05) is 0 Å². The monoisotopic (exact) mass is 300 g/mol. The fraction of sp³-hybridized carbons (Fsp3) is 0.778. The van der Waals surface area contributed by atoms with Crippen molar-refractivity contribution in [3.05, 3.63) is 17.0 Å². The summed E-state index contributed by atoms with van der Waals surface area (Å²) >= 11 is 0. The average Bonchev–Trinajstić information content (AvgIpc) is 2.89. The van der Waals surface area contributed by atoms with Crippen molar-refractivity contribution in [2.24, 2.45) is 0 Å². The third kappa shape index (κ3) is 2.79. The third-order valence-corrected chi connectivity index (χ3v) is 5.37. The summed E-state index contributed by atoms with van der Waals surface area (Å²) in [4.78, 5) is 2.41. The normalized spacial score (nSPS) is 23.5. The van der Waals surface area contributed by atoms with E-state index in [4.69, 9.17) is 5.10 Å². The number of hydrogen-bond donors (Lipinski definition) is 0. The summed E-state index contributed by atoms with van der Waals surface area (Å²) in [7, 11) is 2.21. The van der Waals surface area contributed by atoms with Gasteiger partial charge in [-0.05, 0) is 58.2 Å². The summed E-state index contributed by atoms with van der Waals surface area (Å²) < 4.78 is 2.36. The lowest BCUT2D eigenvalue weighted by Gasteiger charge is -2.31. The van der Waals surface area contributed by atoms with Gasteiger partial charge in [0, 0.05) is 23.6 Å². The van der Waals surface area contributed by atoms with Crippen LogP contribution in [0.15, 0.2) is 0 Å². The van der Waals surface area contributed by atoms with Gasteiger partial charge < -0.3 is 4.90 Å². The van der Waals surface area contributed by atoms with Crippen LogP contribution >= 0.6 is 0 Å². The minimum Gasteiger partial charge on any atom is -0.306 e. The van der Waals surface area contributed by atoms with Crippen molar-refractivity contribution in [3.63, 3.8) is 0 Å². The molecule has 0 radical (unpaired) electrons. The van der Waals surface area contributed by atoms with Crippen LogP contribution in [0.1, 0.15) is 80.8 Å². The Morgan fingerprint density at radius 1 is 1.27 bits per heavy atom. The molecule has 1 aliphatic heterocycles. The standard InChI is InChI=1S/C18H28N4/c1-13(2)18-17-14(7-10-19)5-4-6-16(17)22(20-18)15-8-11-21(3)12-9-15/h13-15H,4-9,11-12H2,1-3H3. The number of piperidine rings is 1. The highest BCUT2D eigenvalue weighted by molar-refractivity contribution is 5.35. The van der Waals surface area contributed by atoms with Crippen LogP contribution in [0.4, 0.5) is 0 Å². The molecule has 0 saturated carbocycles. The van der Waals surface area contributed by atoms with Gasteiger partial charge in [-0.2, -0.15) is 10.4 Å². The van der Waals surface area contributed by atoms with Crippen LogP contribution in [0, 0.1) is 11.3 Å². The molecule has 1 atom stereocenters. The minimum absolute atomic E-state index is 0.408. The van der Waals surface area contributed by atoms with Crippen molar-refractivity contribution in [2.75, 3.05) is 20.1 Å². The van der Waals surface area contributed by atoms with E-state index in [0.29, 0.717) is 24.3 Å². The summed E-state index contributed by atoms with van der Waals surface area (Å²) in [5.74, 6) is 0.853. The molecule has 0 aromatic carbocycles. The molecule has 1 aromatic rings. The quantitative estimate of drug-likeness (QED) is 0.856. The lowest BCUT2D eigenvalue weighted by atomic mass is 9.81. The smallest absolute Gasteiger partial charge is 0.0688 e. The van der Waals surface area contributed by atoms with Crippen molar-refractivity contribution in [1.82, 2.24) is 14.7 Å². The lowest BCUT2D eigenvalue weighted by Crippen LogP contribution is -2.32. The SMILES string of the molecule is CC(C)c1nn(C2CCN(C)CC2)c2c1C(CC#N)CCC2. The highest BCUT2D eigenvalue weighted by Gasteiger charge is 2.32. The molecule has 0 amide bonds. The van der Waals surface area contributed by atoms with E-state index in [-0.39, 0.29) is 0 Å². The summed E-state index contributed by atoms with van der Waals surface area (Å²) in [6, 6.07) is 2.95. The van der Waals surface area contributed by atoms with Crippen LogP contribution in [-0.2, 0) is 6.42 Å². The van der Waals surface area contributed by atoms with Gasteiger partial charge in [-0.25, -0.2) is 0 Å². The predicted octanol–water partition coefficient (Wildman–Crippen LogP) is 3.61. The zero-order valence-electron chi connectivity index (χ0n) is 14.2. The van der Waals surface area contributed by atoms with E-state index < -0.39 is 0 Å². The van der Waals surface area contributed by atoms with Crippen LogP contribution in [0.25, 0.3) is 0 Å². The zero-order valence-corrected chi connectivity index (χ0v) is 14.2. The zero-order chi connectivity index (χ0) is 15.7. The molecule has 3 rings (SSSR count). The van der Waals surface area contributed by atoms with Crippen LogP contribution in [0.5, 0.6) is 0 Å². The molecule has 1 aromatic heterocycles. The average molecular weight is 300 g/mol. The molecule has 4 nitrogen and oxygen atoms in total. The third-order valence-electron chi connectivity index (χ3n) is 5.37. The van der Waals surface area contributed by atoms with Gasteiger partial charge in [0.1, 0.15) is 0 Å². The van der Waals surface area contributed by atoms with E-state index >= 15 is 0 Å². The summed E-state index contributed by atoms with van der Waals surface area (Å²) in [6.07, 6.45) is 6.54. The topological polar surface area (TPSA) is 44.9 Å². The first-order valence-electron chi connectivity index (χ1n) is 8.78. The summed E-state index contributed by atoms with van der Waals surface area (Å²) in [6.45, 7) is 6.80. The Bertz CT molecular complexity index is 558. The summed E-state index contributed by atoms with van der Waals surface area (Å²) in [5.41, 5.74) is 4.14. The highest BCUT2D eigenvalue weighted by Crippen LogP contribution is 2.40. The largest absolute Gasteiger partial charge is 0.306 e. The van der Waals surface area contributed by atoms with Gasteiger partial charge in [0.25, 0.3) is 0 Å². The molecule has 0 N–H and O–H groups in total. The molecule has 120 valence electrons.